The van der Waals surface area contributed by atoms with Gasteiger partial charge in [-0.2, -0.15) is 0 Å². The molecule has 0 fully saturated rings. The maximum absolute atomic E-state index is 12.9. The molecular formula is C22H21N3O5. The molecule has 8 heteroatoms. The molecule has 0 saturated heterocycles. The van der Waals surface area contributed by atoms with Crippen molar-refractivity contribution in [2.24, 2.45) is 0 Å². The number of nitrogens with zero attached hydrogens (tertiary/aromatic N) is 2. The smallest absolute Gasteiger partial charge is 0.305 e. The molecule has 154 valence electrons. The lowest BCUT2D eigenvalue weighted by atomic mass is 10.0. The van der Waals surface area contributed by atoms with Crippen LogP contribution in [0, 0.1) is 0 Å². The van der Waals surface area contributed by atoms with Crippen molar-refractivity contribution in [2.75, 3.05) is 13.1 Å². The maximum Gasteiger partial charge on any atom is 0.305 e. The second-order valence-electron chi connectivity index (χ2n) is 7.26. The van der Waals surface area contributed by atoms with Crippen molar-refractivity contribution >= 4 is 28.6 Å². The van der Waals surface area contributed by atoms with Crippen LogP contribution in [0.25, 0.3) is 10.8 Å². The van der Waals surface area contributed by atoms with Crippen LogP contribution in [0.2, 0.25) is 0 Å². The molecule has 3 aromatic rings. The third kappa shape index (κ3) is 4.17. The second kappa shape index (κ2) is 8.36. The molecule has 2 heterocycles. The molecule has 1 aliphatic rings. The summed E-state index contributed by atoms with van der Waals surface area (Å²) in [7, 11) is 0. The number of carboxylic acids is 1. The Labute approximate surface area is 172 Å². The number of nitrogens with one attached hydrogen (secondary N) is 1. The average Bonchev–Trinajstić information content (AvgIpc) is 3.16. The summed E-state index contributed by atoms with van der Waals surface area (Å²) in [4.78, 5) is 37.5. The number of hydrogen-bond acceptors (Lipinski definition) is 5. The van der Waals surface area contributed by atoms with Crippen molar-refractivity contribution in [3.05, 3.63) is 65.0 Å². The number of rotatable bonds is 6. The van der Waals surface area contributed by atoms with Gasteiger partial charge in [0.15, 0.2) is 5.69 Å². The van der Waals surface area contributed by atoms with Crippen LogP contribution in [0.4, 0.5) is 0 Å². The van der Waals surface area contributed by atoms with E-state index in [-0.39, 0.29) is 37.5 Å². The summed E-state index contributed by atoms with van der Waals surface area (Å²) in [5.41, 5.74) is 1.63. The van der Waals surface area contributed by atoms with Crippen molar-refractivity contribution < 1.29 is 24.0 Å². The molecule has 2 aromatic carbocycles. The van der Waals surface area contributed by atoms with E-state index in [4.69, 9.17) is 9.63 Å². The minimum atomic E-state index is -0.997. The van der Waals surface area contributed by atoms with Gasteiger partial charge in [-0.15, -0.1) is 0 Å². The van der Waals surface area contributed by atoms with E-state index >= 15 is 0 Å². The van der Waals surface area contributed by atoms with E-state index in [9.17, 15) is 14.4 Å². The molecule has 2 N–H and O–H groups in total. The molecule has 0 saturated carbocycles. The highest BCUT2D eigenvalue weighted by Crippen LogP contribution is 2.24. The third-order valence-electron chi connectivity index (χ3n) is 5.19. The molecule has 1 aliphatic heterocycles. The van der Waals surface area contributed by atoms with Crippen molar-refractivity contribution in [3.8, 4) is 0 Å². The van der Waals surface area contributed by atoms with Crippen molar-refractivity contribution in [1.82, 2.24) is 15.4 Å². The van der Waals surface area contributed by atoms with Gasteiger partial charge in [-0.25, -0.2) is 0 Å². The molecule has 0 atom stereocenters. The second-order valence-corrected chi connectivity index (χ2v) is 7.26. The van der Waals surface area contributed by atoms with Gasteiger partial charge >= 0.3 is 5.97 Å². The van der Waals surface area contributed by atoms with Gasteiger partial charge < -0.3 is 19.8 Å². The molecule has 4 rings (SSSR count). The minimum Gasteiger partial charge on any atom is -0.481 e. The van der Waals surface area contributed by atoms with E-state index in [2.05, 4.69) is 10.5 Å². The number of amides is 2. The third-order valence-corrected chi connectivity index (χ3v) is 5.19. The predicted octanol–water partition coefficient (Wildman–Crippen LogP) is 2.16. The lowest BCUT2D eigenvalue weighted by Crippen LogP contribution is -2.37. The Hall–Kier alpha value is -3.68. The Kier molecular flexibility index (Phi) is 5.47. The van der Waals surface area contributed by atoms with Crippen molar-refractivity contribution in [3.63, 3.8) is 0 Å². The molecule has 0 spiro atoms. The van der Waals surface area contributed by atoms with Gasteiger partial charge in [0.25, 0.3) is 5.91 Å². The van der Waals surface area contributed by atoms with Crippen LogP contribution in [0.5, 0.6) is 0 Å². The highest BCUT2D eigenvalue weighted by molar-refractivity contribution is 5.94. The molecule has 0 radical (unpaired) electrons. The van der Waals surface area contributed by atoms with Gasteiger partial charge in [0.2, 0.25) is 5.91 Å². The van der Waals surface area contributed by atoms with Gasteiger partial charge in [-0.05, 0) is 16.3 Å². The summed E-state index contributed by atoms with van der Waals surface area (Å²) < 4.78 is 5.27. The van der Waals surface area contributed by atoms with Crippen molar-refractivity contribution in [2.45, 2.75) is 25.8 Å². The van der Waals surface area contributed by atoms with Gasteiger partial charge in [-0.1, -0.05) is 47.6 Å². The van der Waals surface area contributed by atoms with E-state index in [1.807, 2.05) is 42.5 Å². The monoisotopic (exact) mass is 407 g/mol. The minimum absolute atomic E-state index is 0.000405. The fourth-order valence-electron chi connectivity index (χ4n) is 3.60. The molecule has 0 unspecified atom stereocenters. The van der Waals surface area contributed by atoms with E-state index in [0.29, 0.717) is 24.3 Å². The predicted molar refractivity (Wildman–Crippen MR) is 108 cm³/mol. The Bertz CT molecular complexity index is 1120. The van der Waals surface area contributed by atoms with E-state index < -0.39 is 11.9 Å². The number of fused-ring (bicyclic) bond motifs is 2. The first kappa shape index (κ1) is 19.6. The summed E-state index contributed by atoms with van der Waals surface area (Å²) in [5, 5.41) is 17.3. The van der Waals surface area contributed by atoms with Crippen LogP contribution in [0.3, 0.4) is 0 Å². The lowest BCUT2D eigenvalue weighted by Gasteiger charge is -2.26. The number of carbonyl (C=O) groups is 3. The van der Waals surface area contributed by atoms with Crippen LogP contribution < -0.4 is 5.32 Å². The summed E-state index contributed by atoms with van der Waals surface area (Å²) in [6, 6.07) is 14.0. The summed E-state index contributed by atoms with van der Waals surface area (Å²) >= 11 is 0. The first-order chi connectivity index (χ1) is 14.5. The van der Waals surface area contributed by atoms with Gasteiger partial charge in [-0.3, -0.25) is 14.4 Å². The van der Waals surface area contributed by atoms with Crippen LogP contribution >= 0.6 is 0 Å². The number of hydrogen-bond donors (Lipinski definition) is 2. The normalized spacial score (nSPS) is 13.1. The van der Waals surface area contributed by atoms with Crippen LogP contribution in [-0.2, 0) is 29.0 Å². The highest BCUT2D eigenvalue weighted by Gasteiger charge is 2.29. The maximum atomic E-state index is 12.9. The van der Waals surface area contributed by atoms with Gasteiger partial charge in [0, 0.05) is 25.1 Å². The fourth-order valence-corrected chi connectivity index (χ4v) is 3.60. The zero-order valence-electron chi connectivity index (χ0n) is 16.3. The molecule has 8 nitrogen and oxygen atoms in total. The van der Waals surface area contributed by atoms with E-state index in [1.165, 1.54) is 0 Å². The van der Waals surface area contributed by atoms with Crippen LogP contribution in [0.15, 0.2) is 47.0 Å². The summed E-state index contributed by atoms with van der Waals surface area (Å²) in [5.74, 6) is -0.935. The molecule has 0 aliphatic carbocycles. The zero-order valence-corrected chi connectivity index (χ0v) is 16.3. The largest absolute Gasteiger partial charge is 0.481 e. The first-order valence-electron chi connectivity index (χ1n) is 9.74. The highest BCUT2D eigenvalue weighted by atomic mass is 16.5. The molecule has 1 aromatic heterocycles. The Balaban J connectivity index is 1.44. The molecule has 2 amide bonds. The topological polar surface area (TPSA) is 113 Å². The summed E-state index contributed by atoms with van der Waals surface area (Å²) in [6.07, 6.45) is 0.571. The van der Waals surface area contributed by atoms with E-state index in [1.54, 1.807) is 4.90 Å². The van der Waals surface area contributed by atoms with Crippen LogP contribution in [-0.4, -0.2) is 46.0 Å². The molecule has 30 heavy (non-hydrogen) atoms. The van der Waals surface area contributed by atoms with Crippen LogP contribution in [0.1, 0.15) is 33.8 Å². The standard InChI is InChI=1S/C22H21N3O5/c26-19(12-14-5-6-15-3-1-2-4-16(15)11-14)25-10-8-18-17(13-25)21(24-30-18)22(29)23-9-7-20(27)28/h1-6,11H,7-10,12-13H2,(H,23,29)(H,27,28). The van der Waals surface area contributed by atoms with Gasteiger partial charge in [0.1, 0.15) is 5.76 Å². The molecular weight excluding hydrogens is 386 g/mol. The number of aliphatic carboxylic acids is 1. The number of carboxylic acid groups (broad SMARTS) is 1. The Morgan fingerprint density at radius 2 is 1.93 bits per heavy atom. The SMILES string of the molecule is O=C(O)CCNC(=O)c1noc2c1CN(C(=O)Cc1ccc3ccccc3c1)CC2. The van der Waals surface area contributed by atoms with Gasteiger partial charge in [0.05, 0.1) is 19.4 Å². The number of benzene rings is 2. The van der Waals surface area contributed by atoms with Crippen molar-refractivity contribution in [1.29, 1.82) is 0 Å². The van der Waals surface area contributed by atoms with E-state index in [0.717, 1.165) is 16.3 Å². The zero-order chi connectivity index (χ0) is 21.1. The quantitative estimate of drug-likeness (QED) is 0.648. The average molecular weight is 407 g/mol. The first-order valence-corrected chi connectivity index (χ1v) is 9.74. The number of carbonyl (C=O) groups excluding carboxylic acids is 2. The Morgan fingerprint density at radius 3 is 2.73 bits per heavy atom. The lowest BCUT2D eigenvalue weighted by molar-refractivity contribution is -0.137. The fraction of sp³-hybridized carbons (Fsp3) is 0.273. The molecule has 0 bridgehead atoms. The summed E-state index contributed by atoms with van der Waals surface area (Å²) in [6.45, 7) is 0.738. The Morgan fingerprint density at radius 1 is 1.13 bits per heavy atom. The number of aromatic nitrogens is 1.